The Bertz CT molecular complexity index is 756. The Balaban J connectivity index is 1.67. The molecule has 0 aliphatic heterocycles. The molecule has 0 heterocycles. The van der Waals surface area contributed by atoms with Gasteiger partial charge in [0.15, 0.2) is 0 Å². The second kappa shape index (κ2) is 5.59. The lowest BCUT2D eigenvalue weighted by molar-refractivity contribution is -0.385. The molecule has 24 heavy (non-hydrogen) atoms. The number of carbonyl (C=O) groups excluding carboxylic acids is 3. The van der Waals surface area contributed by atoms with Crippen molar-refractivity contribution in [2.45, 2.75) is 25.7 Å². The van der Waals surface area contributed by atoms with Crippen molar-refractivity contribution >= 4 is 23.5 Å². The van der Waals surface area contributed by atoms with E-state index in [1.165, 1.54) is 0 Å². The maximum absolute atomic E-state index is 12.1. The number of carboxylic acid groups (broad SMARTS) is 1. The van der Waals surface area contributed by atoms with Gasteiger partial charge in [-0.05, 0) is 30.7 Å². The molecule has 2 saturated carbocycles. The van der Waals surface area contributed by atoms with E-state index in [0.717, 1.165) is 43.9 Å². The van der Waals surface area contributed by atoms with Crippen LogP contribution in [0.4, 0.5) is 5.69 Å². The maximum atomic E-state index is 12.1. The lowest BCUT2D eigenvalue weighted by atomic mass is 9.80. The third-order valence-corrected chi connectivity index (χ3v) is 4.83. The molecule has 2 aliphatic carbocycles. The van der Waals surface area contributed by atoms with Crippen LogP contribution in [0.15, 0.2) is 18.2 Å². The lowest BCUT2D eigenvalue weighted by Gasteiger charge is -2.26. The molecule has 1 atom stereocenters. The zero-order valence-corrected chi connectivity index (χ0v) is 12.5. The number of aromatic carboxylic acids is 1. The van der Waals surface area contributed by atoms with Gasteiger partial charge in [-0.1, -0.05) is 6.42 Å². The van der Waals surface area contributed by atoms with Crippen molar-refractivity contribution in [2.24, 2.45) is 11.3 Å². The second-order valence-electron chi connectivity index (χ2n) is 6.19. The predicted octanol–water partition coefficient (Wildman–Crippen LogP) is -0.0905. The van der Waals surface area contributed by atoms with E-state index < -0.39 is 28.1 Å². The van der Waals surface area contributed by atoms with Crippen molar-refractivity contribution in [2.75, 3.05) is 0 Å². The largest absolute Gasteiger partial charge is 0.545 e. The van der Waals surface area contributed by atoms with E-state index in [9.17, 15) is 29.6 Å². The van der Waals surface area contributed by atoms with E-state index in [2.05, 4.69) is 10.9 Å². The molecule has 0 saturated heterocycles. The Labute approximate surface area is 136 Å². The van der Waals surface area contributed by atoms with Crippen LogP contribution in [0, 0.1) is 21.4 Å². The van der Waals surface area contributed by atoms with Crippen molar-refractivity contribution in [1.82, 2.24) is 10.9 Å². The molecule has 1 aromatic carbocycles. The molecular formula is C15H14N3O6-. The Kier molecular flexibility index (Phi) is 3.70. The average Bonchev–Trinajstić information content (AvgIpc) is 3.27. The summed E-state index contributed by atoms with van der Waals surface area (Å²) in [5.41, 5.74) is 3.12. The minimum absolute atomic E-state index is 0.0956. The fourth-order valence-corrected chi connectivity index (χ4v) is 3.19. The average molecular weight is 332 g/mol. The summed E-state index contributed by atoms with van der Waals surface area (Å²) in [7, 11) is 0. The Morgan fingerprint density at radius 3 is 2.38 bits per heavy atom. The van der Waals surface area contributed by atoms with Gasteiger partial charge in [0.25, 0.3) is 11.6 Å². The summed E-state index contributed by atoms with van der Waals surface area (Å²) in [5, 5.41) is 21.8. The third-order valence-electron chi connectivity index (χ3n) is 4.83. The number of hydrogen-bond acceptors (Lipinski definition) is 6. The highest BCUT2D eigenvalue weighted by molar-refractivity contribution is 6.05. The Hall–Kier alpha value is -2.97. The minimum Gasteiger partial charge on any atom is -0.545 e. The molecule has 9 heteroatoms. The van der Waals surface area contributed by atoms with E-state index in [4.69, 9.17) is 0 Å². The summed E-state index contributed by atoms with van der Waals surface area (Å²) in [6.07, 6.45) is 3.93. The van der Waals surface area contributed by atoms with Crippen LogP contribution in [0.1, 0.15) is 46.4 Å². The first-order valence-corrected chi connectivity index (χ1v) is 7.44. The van der Waals surface area contributed by atoms with E-state index in [-0.39, 0.29) is 22.8 Å². The number of hydrogen-bond donors (Lipinski definition) is 2. The fourth-order valence-electron chi connectivity index (χ4n) is 3.19. The van der Waals surface area contributed by atoms with Gasteiger partial charge in [-0.2, -0.15) is 0 Å². The van der Waals surface area contributed by atoms with Crippen molar-refractivity contribution in [3.63, 3.8) is 0 Å². The van der Waals surface area contributed by atoms with E-state index >= 15 is 0 Å². The van der Waals surface area contributed by atoms with Gasteiger partial charge in [0, 0.05) is 23.6 Å². The molecule has 0 radical (unpaired) electrons. The zero-order chi connectivity index (χ0) is 17.5. The van der Waals surface area contributed by atoms with E-state index in [1.54, 1.807) is 0 Å². The summed E-state index contributed by atoms with van der Waals surface area (Å²) in [6.45, 7) is 0. The van der Waals surface area contributed by atoms with Crippen LogP contribution >= 0.6 is 0 Å². The van der Waals surface area contributed by atoms with Crippen LogP contribution in [-0.2, 0) is 4.79 Å². The maximum Gasteiger partial charge on any atom is 0.270 e. The molecule has 0 aromatic heterocycles. The summed E-state index contributed by atoms with van der Waals surface area (Å²) in [4.78, 5) is 45.0. The monoisotopic (exact) mass is 332 g/mol. The molecule has 1 aromatic rings. The minimum atomic E-state index is -1.72. The number of carbonyl (C=O) groups is 3. The highest BCUT2D eigenvalue weighted by Gasteiger charge is 2.60. The van der Waals surface area contributed by atoms with Crippen molar-refractivity contribution in [3.05, 3.63) is 39.4 Å². The molecule has 0 bridgehead atoms. The standard InChI is InChI=1S/C15H15N3O6/c19-12(16-17-13(20)11-7-15(11)4-1-5-15)9-3-2-8(18(23)24)6-10(9)14(21)22/h2-3,6,11H,1,4-5,7H2,(H,16,19)(H,17,20)(H,21,22)/p-1/t11-/m0/s1. The summed E-state index contributed by atoms with van der Waals surface area (Å²) in [5.74, 6) is -3.02. The van der Waals surface area contributed by atoms with Gasteiger partial charge in [-0.3, -0.25) is 30.6 Å². The summed E-state index contributed by atoms with van der Waals surface area (Å²) in [6, 6.07) is 2.76. The van der Waals surface area contributed by atoms with Crippen LogP contribution < -0.4 is 16.0 Å². The number of nitrogens with zero attached hydrogens (tertiary/aromatic N) is 1. The van der Waals surface area contributed by atoms with Crippen LogP contribution in [0.25, 0.3) is 0 Å². The number of non-ortho nitro benzene ring substituents is 1. The fraction of sp³-hybridized carbons (Fsp3) is 0.400. The number of nitrogens with one attached hydrogen (secondary N) is 2. The predicted molar refractivity (Wildman–Crippen MR) is 77.4 cm³/mol. The van der Waals surface area contributed by atoms with Gasteiger partial charge in [0.2, 0.25) is 5.91 Å². The number of nitro benzene ring substituents is 1. The van der Waals surface area contributed by atoms with Gasteiger partial charge in [-0.15, -0.1) is 0 Å². The van der Waals surface area contributed by atoms with Gasteiger partial charge in [0.1, 0.15) is 0 Å². The first kappa shape index (κ1) is 15.9. The van der Waals surface area contributed by atoms with Gasteiger partial charge in [-0.25, -0.2) is 0 Å². The van der Waals surface area contributed by atoms with Gasteiger partial charge >= 0.3 is 0 Å². The molecule has 2 N–H and O–H groups in total. The highest BCUT2D eigenvalue weighted by atomic mass is 16.6. The molecule has 2 fully saturated rings. The van der Waals surface area contributed by atoms with E-state index in [1.807, 2.05) is 0 Å². The highest BCUT2D eigenvalue weighted by Crippen LogP contribution is 2.65. The molecule has 3 rings (SSSR count). The van der Waals surface area contributed by atoms with Crippen LogP contribution in [-0.4, -0.2) is 22.7 Å². The molecule has 2 aliphatic rings. The van der Waals surface area contributed by atoms with Crippen molar-refractivity contribution < 1.29 is 24.4 Å². The molecular weight excluding hydrogens is 318 g/mol. The van der Waals surface area contributed by atoms with Gasteiger partial charge < -0.3 is 9.90 Å². The van der Waals surface area contributed by atoms with Crippen molar-refractivity contribution in [3.8, 4) is 0 Å². The topological polar surface area (TPSA) is 141 Å². The Morgan fingerprint density at radius 2 is 1.88 bits per heavy atom. The number of rotatable bonds is 4. The smallest absolute Gasteiger partial charge is 0.270 e. The van der Waals surface area contributed by atoms with Crippen LogP contribution in [0.5, 0.6) is 0 Å². The van der Waals surface area contributed by atoms with Crippen molar-refractivity contribution in [1.29, 1.82) is 0 Å². The normalized spacial score (nSPS) is 19.9. The second-order valence-corrected chi connectivity index (χ2v) is 6.19. The molecule has 0 unspecified atom stereocenters. The lowest BCUT2D eigenvalue weighted by Crippen LogP contribution is -2.44. The number of carboxylic acids is 1. The summed E-state index contributed by atoms with van der Waals surface area (Å²) >= 11 is 0. The number of hydrazine groups is 1. The number of benzene rings is 1. The summed E-state index contributed by atoms with van der Waals surface area (Å²) < 4.78 is 0. The van der Waals surface area contributed by atoms with Crippen LogP contribution in [0.3, 0.4) is 0 Å². The van der Waals surface area contributed by atoms with Crippen LogP contribution in [0.2, 0.25) is 0 Å². The molecule has 2 amide bonds. The molecule has 9 nitrogen and oxygen atoms in total. The third kappa shape index (κ3) is 2.68. The van der Waals surface area contributed by atoms with Gasteiger partial charge in [0.05, 0.1) is 16.5 Å². The van der Waals surface area contributed by atoms with E-state index in [0.29, 0.717) is 0 Å². The number of nitro groups is 1. The molecule has 126 valence electrons. The first-order chi connectivity index (χ1) is 11.3. The molecule has 1 spiro atoms. The quantitative estimate of drug-likeness (QED) is 0.583. The SMILES string of the molecule is O=C([O-])c1cc([N+](=O)[O-])ccc1C(=O)NNC(=O)[C@@H]1CC12CCC2. The number of amides is 2. The first-order valence-electron chi connectivity index (χ1n) is 7.44. The Morgan fingerprint density at radius 1 is 1.17 bits per heavy atom. The zero-order valence-electron chi connectivity index (χ0n) is 12.5.